The number of hydrogen-bond acceptors (Lipinski definition) is 6. The quantitative estimate of drug-likeness (QED) is 0.607. The molecule has 0 atom stereocenters. The molecule has 0 radical (unpaired) electrons. The Labute approximate surface area is 185 Å². The number of aromatic nitrogens is 1. The number of anilines is 1. The molecule has 3 aromatic rings. The first-order chi connectivity index (χ1) is 15.3. The van der Waals surface area contributed by atoms with Gasteiger partial charge in [0.25, 0.3) is 0 Å². The number of benzene rings is 2. The van der Waals surface area contributed by atoms with Crippen molar-refractivity contribution in [3.05, 3.63) is 53.0 Å². The lowest BCUT2D eigenvalue weighted by molar-refractivity contribution is -0.117. The third-order valence-electron chi connectivity index (χ3n) is 5.82. The maximum atomic E-state index is 13.1. The van der Waals surface area contributed by atoms with Crippen molar-refractivity contribution in [2.75, 3.05) is 25.5 Å². The first kappa shape index (κ1) is 22.1. The molecule has 32 heavy (non-hydrogen) atoms. The molecule has 0 aliphatic carbocycles. The molecular formula is C22H25N3O6S. The summed E-state index contributed by atoms with van der Waals surface area (Å²) >= 11 is 0. The number of oxazole rings is 1. The first-order valence-corrected chi connectivity index (χ1v) is 11.8. The highest BCUT2D eigenvalue weighted by molar-refractivity contribution is 7.89. The maximum Gasteiger partial charge on any atom is 0.419 e. The lowest BCUT2D eigenvalue weighted by Gasteiger charge is -2.31. The summed E-state index contributed by atoms with van der Waals surface area (Å²) < 4.78 is 39.1. The Hall–Kier alpha value is -3.11. The van der Waals surface area contributed by atoms with Gasteiger partial charge in [-0.2, -0.15) is 4.31 Å². The molecule has 1 aliphatic rings. The second kappa shape index (κ2) is 8.79. The predicted octanol–water partition coefficient (Wildman–Crippen LogP) is 2.57. The molecule has 0 unspecified atom stereocenters. The number of sulfonamides is 1. The number of amides is 1. The third-order valence-corrected chi connectivity index (χ3v) is 7.72. The third kappa shape index (κ3) is 4.42. The minimum Gasteiger partial charge on any atom is -0.497 e. The highest BCUT2D eigenvalue weighted by Gasteiger charge is 2.30. The van der Waals surface area contributed by atoms with E-state index in [1.165, 1.54) is 21.0 Å². The highest BCUT2D eigenvalue weighted by atomic mass is 32.2. The van der Waals surface area contributed by atoms with E-state index in [0.29, 0.717) is 49.3 Å². The fraction of sp³-hybridized carbons (Fsp3) is 0.364. The molecule has 1 aliphatic heterocycles. The summed E-state index contributed by atoms with van der Waals surface area (Å²) in [7, 11) is -0.566. The zero-order chi connectivity index (χ0) is 22.9. The zero-order valence-corrected chi connectivity index (χ0v) is 18.7. The smallest absolute Gasteiger partial charge is 0.419 e. The van der Waals surface area contributed by atoms with Crippen molar-refractivity contribution < 1.29 is 22.4 Å². The van der Waals surface area contributed by atoms with E-state index < -0.39 is 15.8 Å². The van der Waals surface area contributed by atoms with Crippen LogP contribution in [0.25, 0.3) is 11.1 Å². The second-order valence-corrected chi connectivity index (χ2v) is 9.82. The van der Waals surface area contributed by atoms with Gasteiger partial charge in [0.15, 0.2) is 5.58 Å². The molecule has 1 fully saturated rings. The van der Waals surface area contributed by atoms with E-state index >= 15 is 0 Å². The zero-order valence-electron chi connectivity index (χ0n) is 17.9. The largest absolute Gasteiger partial charge is 0.497 e. The molecule has 0 bridgehead atoms. The van der Waals surface area contributed by atoms with Gasteiger partial charge >= 0.3 is 5.76 Å². The number of fused-ring (bicyclic) bond motifs is 1. The number of hydrogen-bond donors (Lipinski definition) is 1. The van der Waals surface area contributed by atoms with Crippen molar-refractivity contribution in [2.24, 2.45) is 13.0 Å². The summed E-state index contributed by atoms with van der Waals surface area (Å²) in [5.41, 5.74) is 1.47. The Kier molecular flexibility index (Phi) is 6.07. The fourth-order valence-electron chi connectivity index (χ4n) is 3.93. The van der Waals surface area contributed by atoms with E-state index in [4.69, 9.17) is 9.15 Å². The van der Waals surface area contributed by atoms with Crippen LogP contribution >= 0.6 is 0 Å². The summed E-state index contributed by atoms with van der Waals surface area (Å²) in [6.07, 6.45) is 1.52. The van der Waals surface area contributed by atoms with Gasteiger partial charge in [-0.05, 0) is 55.2 Å². The first-order valence-electron chi connectivity index (χ1n) is 10.3. The van der Waals surface area contributed by atoms with Crippen LogP contribution in [0.5, 0.6) is 5.75 Å². The van der Waals surface area contributed by atoms with E-state index in [0.717, 1.165) is 0 Å². The van der Waals surface area contributed by atoms with Crippen LogP contribution in [0.4, 0.5) is 5.69 Å². The molecule has 4 rings (SSSR count). The minimum absolute atomic E-state index is 0.0926. The van der Waals surface area contributed by atoms with Crippen LogP contribution in [-0.2, 0) is 21.9 Å². The SMILES string of the molecule is COc1ccc(NC(=O)CC2CCN(S(=O)(=O)c3ccc4c(c3)oc(=O)n4C)CC2)cc1. The van der Waals surface area contributed by atoms with Crippen LogP contribution in [0.2, 0.25) is 0 Å². The van der Waals surface area contributed by atoms with E-state index in [2.05, 4.69) is 5.32 Å². The van der Waals surface area contributed by atoms with Crippen molar-refractivity contribution in [1.29, 1.82) is 0 Å². The average Bonchev–Trinajstić information content (AvgIpc) is 3.07. The number of nitrogens with one attached hydrogen (secondary N) is 1. The number of carbonyl (C=O) groups excluding carboxylic acids is 1. The van der Waals surface area contributed by atoms with Crippen LogP contribution in [0.15, 0.2) is 56.6 Å². The number of nitrogens with zero attached hydrogens (tertiary/aromatic N) is 2. The Balaban J connectivity index is 1.36. The molecule has 1 aromatic heterocycles. The molecule has 0 saturated carbocycles. The number of ether oxygens (including phenoxy) is 1. The van der Waals surface area contributed by atoms with E-state index in [9.17, 15) is 18.0 Å². The topological polar surface area (TPSA) is 111 Å². The van der Waals surface area contributed by atoms with Gasteiger partial charge in [-0.25, -0.2) is 13.2 Å². The summed E-state index contributed by atoms with van der Waals surface area (Å²) in [6, 6.07) is 11.5. The van der Waals surface area contributed by atoms with Crippen molar-refractivity contribution >= 4 is 32.7 Å². The molecule has 9 nitrogen and oxygen atoms in total. The highest BCUT2D eigenvalue weighted by Crippen LogP contribution is 2.27. The number of rotatable bonds is 6. The van der Waals surface area contributed by atoms with Crippen molar-refractivity contribution in [1.82, 2.24) is 8.87 Å². The van der Waals surface area contributed by atoms with Crippen LogP contribution < -0.4 is 15.8 Å². The van der Waals surface area contributed by atoms with Crippen molar-refractivity contribution in [3.63, 3.8) is 0 Å². The van der Waals surface area contributed by atoms with Gasteiger partial charge in [-0.15, -0.1) is 0 Å². The molecule has 1 amide bonds. The molecule has 0 spiro atoms. The van der Waals surface area contributed by atoms with Gasteiger partial charge < -0.3 is 14.5 Å². The Morgan fingerprint density at radius 1 is 1.16 bits per heavy atom. The van der Waals surface area contributed by atoms with Gasteiger partial charge in [0.05, 0.1) is 17.5 Å². The Morgan fingerprint density at radius 2 is 1.84 bits per heavy atom. The number of aryl methyl sites for hydroxylation is 1. The monoisotopic (exact) mass is 459 g/mol. The van der Waals surface area contributed by atoms with E-state index in [1.54, 1.807) is 44.5 Å². The van der Waals surface area contributed by atoms with Gasteiger partial charge in [0.2, 0.25) is 15.9 Å². The standard InChI is InChI=1S/C22H25N3O6S/c1-24-19-8-7-18(14-20(19)31-22(24)27)32(28,29)25-11-9-15(10-12-25)13-21(26)23-16-3-5-17(30-2)6-4-16/h3-8,14-15H,9-13H2,1-2H3,(H,23,26). The van der Waals surface area contributed by atoms with Crippen LogP contribution in [-0.4, -0.2) is 43.4 Å². The summed E-state index contributed by atoms with van der Waals surface area (Å²) in [6.45, 7) is 0.666. The van der Waals surface area contributed by atoms with Gasteiger partial charge in [-0.3, -0.25) is 9.36 Å². The number of methoxy groups -OCH3 is 1. The normalized spacial score (nSPS) is 15.7. The lowest BCUT2D eigenvalue weighted by Crippen LogP contribution is -2.39. The molecule has 170 valence electrons. The van der Waals surface area contributed by atoms with Crippen molar-refractivity contribution in [2.45, 2.75) is 24.2 Å². The lowest BCUT2D eigenvalue weighted by atomic mass is 9.94. The predicted molar refractivity (Wildman–Crippen MR) is 119 cm³/mol. The Morgan fingerprint density at radius 3 is 2.50 bits per heavy atom. The molecule has 2 aromatic carbocycles. The number of carbonyl (C=O) groups is 1. The van der Waals surface area contributed by atoms with Crippen LogP contribution in [0, 0.1) is 5.92 Å². The maximum absolute atomic E-state index is 13.1. The van der Waals surface area contributed by atoms with Crippen LogP contribution in [0.3, 0.4) is 0 Å². The summed E-state index contributed by atoms with van der Waals surface area (Å²) in [4.78, 5) is 24.1. The van der Waals surface area contributed by atoms with Crippen molar-refractivity contribution in [3.8, 4) is 5.75 Å². The Bertz CT molecular complexity index is 1290. The number of piperidine rings is 1. The van der Waals surface area contributed by atoms with Gasteiger partial charge in [0, 0.05) is 38.3 Å². The van der Waals surface area contributed by atoms with E-state index in [-0.39, 0.29) is 22.3 Å². The second-order valence-electron chi connectivity index (χ2n) is 7.88. The van der Waals surface area contributed by atoms with Crippen LogP contribution in [0.1, 0.15) is 19.3 Å². The fourth-order valence-corrected chi connectivity index (χ4v) is 5.41. The molecule has 1 N–H and O–H groups in total. The summed E-state index contributed by atoms with van der Waals surface area (Å²) in [5.74, 6) is 0.184. The molecule has 10 heteroatoms. The van der Waals surface area contributed by atoms with Gasteiger partial charge in [0.1, 0.15) is 5.75 Å². The van der Waals surface area contributed by atoms with Gasteiger partial charge in [-0.1, -0.05) is 0 Å². The molecular weight excluding hydrogens is 434 g/mol. The summed E-state index contributed by atoms with van der Waals surface area (Å²) in [5, 5.41) is 2.87. The minimum atomic E-state index is -3.71. The van der Waals surface area contributed by atoms with E-state index in [1.807, 2.05) is 0 Å². The molecule has 1 saturated heterocycles. The molecule has 2 heterocycles. The average molecular weight is 460 g/mol.